The quantitative estimate of drug-likeness (QED) is 0.328. The topological polar surface area (TPSA) is 82.2 Å². The average molecular weight is 475 g/mol. The van der Waals surface area contributed by atoms with Crippen LogP contribution in [0.25, 0.3) is 28.0 Å². The summed E-state index contributed by atoms with van der Waals surface area (Å²) in [5.41, 5.74) is 7.20. The van der Waals surface area contributed by atoms with E-state index in [0.717, 1.165) is 39.3 Å². The van der Waals surface area contributed by atoms with E-state index in [-0.39, 0.29) is 5.91 Å². The predicted octanol–water partition coefficient (Wildman–Crippen LogP) is 5.93. The number of aromatic nitrogens is 3. The van der Waals surface area contributed by atoms with Gasteiger partial charge in [0.15, 0.2) is 0 Å². The van der Waals surface area contributed by atoms with Crippen LogP contribution in [0.3, 0.4) is 0 Å². The lowest BCUT2D eigenvalue weighted by atomic mass is 9.92. The van der Waals surface area contributed by atoms with Gasteiger partial charge in [0.25, 0.3) is 5.91 Å². The summed E-state index contributed by atoms with van der Waals surface area (Å²) in [6.45, 7) is 0. The number of ether oxygens (including phenoxy) is 1. The van der Waals surface area contributed by atoms with Crippen LogP contribution in [0.4, 0.5) is 5.69 Å². The van der Waals surface area contributed by atoms with E-state index >= 15 is 0 Å². The molecule has 7 heteroatoms. The van der Waals surface area contributed by atoms with E-state index in [9.17, 15) is 4.79 Å². The molecule has 6 rings (SSSR count). The largest absolute Gasteiger partial charge is 0.497 e. The molecule has 0 aliphatic carbocycles. The fraction of sp³-hybridized carbons (Fsp3) is 0.0690. The van der Waals surface area contributed by atoms with Crippen molar-refractivity contribution in [3.05, 3.63) is 114 Å². The molecular formula is C29H22N4O3. The predicted molar refractivity (Wildman–Crippen MR) is 137 cm³/mol. The van der Waals surface area contributed by atoms with Crippen LogP contribution in [-0.4, -0.2) is 28.0 Å². The number of hydrogen-bond acceptors (Lipinski definition) is 6. The fourth-order valence-corrected chi connectivity index (χ4v) is 4.58. The summed E-state index contributed by atoms with van der Waals surface area (Å²) in [7, 11) is 1.62. The molecule has 0 fully saturated rings. The third kappa shape index (κ3) is 3.76. The Labute approximate surface area is 207 Å². The molecule has 0 radical (unpaired) electrons. The number of benzene rings is 3. The summed E-state index contributed by atoms with van der Waals surface area (Å²) in [6.07, 6.45) is 3.56. The van der Waals surface area contributed by atoms with Gasteiger partial charge in [-0.05, 0) is 23.3 Å². The monoisotopic (exact) mass is 474 g/mol. The highest BCUT2D eigenvalue weighted by Gasteiger charge is 2.33. The molecular weight excluding hydrogens is 452 g/mol. The number of nitrogens with one attached hydrogen (secondary N) is 1. The summed E-state index contributed by atoms with van der Waals surface area (Å²) in [4.78, 5) is 14.1. The molecule has 3 heterocycles. The standard InChI is InChI=1S/C29H22N4O3/c1-35-23-14-12-20(13-15-23)26-24(31-22-17-30-36-18-22)16-25-27(19-8-4-2-5-9-19)28(32-33(25)29(26)34)21-10-6-3-7-11-21/h2-15,17-18,31H,16H2,1H3. The molecule has 3 aromatic carbocycles. The molecule has 0 unspecified atom stereocenters. The first-order chi connectivity index (χ1) is 17.7. The Balaban J connectivity index is 1.56. The SMILES string of the molecule is COc1ccc(C2=C(Nc3cnoc3)Cc3c(-c4ccccc4)c(-c4ccccc4)nn3C2=O)cc1. The van der Waals surface area contributed by atoms with Crippen molar-refractivity contribution in [3.8, 4) is 28.1 Å². The van der Waals surface area contributed by atoms with Crippen LogP contribution in [0.2, 0.25) is 0 Å². The first-order valence-electron chi connectivity index (χ1n) is 11.5. The van der Waals surface area contributed by atoms with Gasteiger partial charge >= 0.3 is 0 Å². The van der Waals surface area contributed by atoms with Gasteiger partial charge in [0.2, 0.25) is 0 Å². The van der Waals surface area contributed by atoms with Crippen molar-refractivity contribution in [2.75, 3.05) is 12.4 Å². The molecule has 1 aliphatic heterocycles. The number of anilines is 1. The number of rotatable bonds is 6. The zero-order valence-electron chi connectivity index (χ0n) is 19.5. The number of nitrogens with zero attached hydrogens (tertiary/aromatic N) is 3. The second kappa shape index (κ2) is 9.03. The van der Waals surface area contributed by atoms with Crippen molar-refractivity contribution in [1.29, 1.82) is 0 Å². The molecule has 0 saturated carbocycles. The summed E-state index contributed by atoms with van der Waals surface area (Å²) in [6, 6.07) is 27.5. The minimum Gasteiger partial charge on any atom is -0.497 e. The minimum absolute atomic E-state index is 0.209. The van der Waals surface area contributed by atoms with E-state index in [2.05, 4.69) is 10.5 Å². The maximum absolute atomic E-state index is 14.1. The molecule has 0 atom stereocenters. The van der Waals surface area contributed by atoms with Crippen LogP contribution in [0.1, 0.15) is 16.1 Å². The van der Waals surface area contributed by atoms with Crippen molar-refractivity contribution in [1.82, 2.24) is 14.9 Å². The fourth-order valence-electron chi connectivity index (χ4n) is 4.58. The maximum atomic E-state index is 14.1. The molecule has 2 aromatic heterocycles. The van der Waals surface area contributed by atoms with E-state index in [1.54, 1.807) is 18.0 Å². The highest BCUT2D eigenvalue weighted by molar-refractivity contribution is 6.23. The number of carbonyl (C=O) groups excluding carboxylic acids is 1. The molecule has 0 spiro atoms. The van der Waals surface area contributed by atoms with E-state index < -0.39 is 0 Å². The zero-order chi connectivity index (χ0) is 24.5. The molecule has 1 N–H and O–H groups in total. The Hall–Kier alpha value is -4.91. The molecule has 0 bridgehead atoms. The van der Waals surface area contributed by atoms with Crippen molar-refractivity contribution in [3.63, 3.8) is 0 Å². The van der Waals surface area contributed by atoms with Gasteiger partial charge in [0.05, 0.1) is 30.3 Å². The van der Waals surface area contributed by atoms with Crippen LogP contribution in [0, 0.1) is 0 Å². The van der Waals surface area contributed by atoms with Crippen LogP contribution >= 0.6 is 0 Å². The number of carbonyl (C=O) groups is 1. The van der Waals surface area contributed by atoms with Crippen LogP contribution in [0.5, 0.6) is 5.75 Å². The van der Waals surface area contributed by atoms with Gasteiger partial charge in [0, 0.05) is 23.2 Å². The molecule has 176 valence electrons. The second-order valence-electron chi connectivity index (χ2n) is 8.42. The zero-order valence-corrected chi connectivity index (χ0v) is 19.5. The number of hydrogen-bond donors (Lipinski definition) is 1. The second-order valence-corrected chi connectivity index (χ2v) is 8.42. The number of allylic oxidation sites excluding steroid dienone is 2. The Morgan fingerprint density at radius 1 is 0.889 bits per heavy atom. The maximum Gasteiger partial charge on any atom is 0.280 e. The molecule has 5 aromatic rings. The lowest BCUT2D eigenvalue weighted by Crippen LogP contribution is -2.26. The van der Waals surface area contributed by atoms with Crippen molar-refractivity contribution in [2.45, 2.75) is 6.42 Å². The normalized spacial score (nSPS) is 13.0. The van der Waals surface area contributed by atoms with Gasteiger partial charge in [-0.3, -0.25) is 4.79 Å². The van der Waals surface area contributed by atoms with E-state index in [0.29, 0.717) is 23.4 Å². The van der Waals surface area contributed by atoms with Gasteiger partial charge in [0.1, 0.15) is 17.7 Å². The van der Waals surface area contributed by atoms with Crippen LogP contribution < -0.4 is 10.1 Å². The average Bonchev–Trinajstić information content (AvgIpc) is 3.58. The Kier molecular flexibility index (Phi) is 5.42. The van der Waals surface area contributed by atoms with Crippen LogP contribution in [-0.2, 0) is 6.42 Å². The van der Waals surface area contributed by atoms with E-state index in [4.69, 9.17) is 14.4 Å². The molecule has 7 nitrogen and oxygen atoms in total. The summed E-state index contributed by atoms with van der Waals surface area (Å²) < 4.78 is 11.9. The first-order valence-corrected chi connectivity index (χ1v) is 11.5. The van der Waals surface area contributed by atoms with Crippen molar-refractivity contribution < 1.29 is 14.1 Å². The molecule has 36 heavy (non-hydrogen) atoms. The Morgan fingerprint density at radius 3 is 2.22 bits per heavy atom. The van der Waals surface area contributed by atoms with Gasteiger partial charge in [-0.1, -0.05) is 78.0 Å². The van der Waals surface area contributed by atoms with E-state index in [1.165, 1.54) is 6.26 Å². The summed E-state index contributed by atoms with van der Waals surface area (Å²) in [5.74, 6) is 0.508. The summed E-state index contributed by atoms with van der Waals surface area (Å²) in [5, 5.41) is 12.0. The first kappa shape index (κ1) is 21.6. The third-order valence-corrected chi connectivity index (χ3v) is 6.25. The molecule has 0 amide bonds. The van der Waals surface area contributed by atoms with Gasteiger partial charge in [-0.2, -0.15) is 9.78 Å². The molecule has 0 saturated heterocycles. The van der Waals surface area contributed by atoms with Crippen LogP contribution in [0.15, 0.2) is 108 Å². The highest BCUT2D eigenvalue weighted by atomic mass is 16.5. The van der Waals surface area contributed by atoms with Gasteiger partial charge in [-0.25, -0.2) is 0 Å². The lowest BCUT2D eigenvalue weighted by Gasteiger charge is -2.22. The molecule has 1 aliphatic rings. The number of methoxy groups -OCH3 is 1. The van der Waals surface area contributed by atoms with Crippen molar-refractivity contribution in [2.24, 2.45) is 0 Å². The number of fused-ring (bicyclic) bond motifs is 1. The lowest BCUT2D eigenvalue weighted by molar-refractivity contribution is 0.0958. The highest BCUT2D eigenvalue weighted by Crippen LogP contribution is 2.40. The Morgan fingerprint density at radius 2 is 1.58 bits per heavy atom. The minimum atomic E-state index is -0.209. The third-order valence-electron chi connectivity index (χ3n) is 6.25. The summed E-state index contributed by atoms with van der Waals surface area (Å²) >= 11 is 0. The van der Waals surface area contributed by atoms with Crippen molar-refractivity contribution >= 4 is 17.2 Å². The smallest absolute Gasteiger partial charge is 0.280 e. The Bertz CT molecular complexity index is 1550. The van der Waals surface area contributed by atoms with E-state index in [1.807, 2.05) is 84.9 Å². The van der Waals surface area contributed by atoms with Gasteiger partial charge < -0.3 is 14.6 Å². The van der Waals surface area contributed by atoms with Gasteiger partial charge in [-0.15, -0.1) is 0 Å².